The van der Waals surface area contributed by atoms with E-state index in [-0.39, 0.29) is 0 Å². The maximum absolute atomic E-state index is 5.90. The molecule has 0 spiro atoms. The SMILES string of the molecule is CCOCCn1c(CCl)nc2cc(C)cnc21. The van der Waals surface area contributed by atoms with E-state index in [2.05, 4.69) is 9.97 Å². The van der Waals surface area contributed by atoms with Crippen LogP contribution < -0.4 is 0 Å². The third-order valence-electron chi connectivity index (χ3n) is 2.58. The fourth-order valence-corrected chi connectivity index (χ4v) is 2.00. The van der Waals surface area contributed by atoms with Crippen LogP contribution in [-0.2, 0) is 17.2 Å². The van der Waals surface area contributed by atoms with E-state index >= 15 is 0 Å². The normalized spacial score (nSPS) is 11.2. The van der Waals surface area contributed by atoms with E-state index in [1.807, 2.05) is 30.7 Å². The van der Waals surface area contributed by atoms with Crippen LogP contribution in [0.25, 0.3) is 11.2 Å². The van der Waals surface area contributed by atoms with Crippen LogP contribution in [0.4, 0.5) is 0 Å². The Balaban J connectivity index is 2.36. The van der Waals surface area contributed by atoms with Crippen molar-refractivity contribution in [2.24, 2.45) is 0 Å². The molecule has 0 aliphatic carbocycles. The number of alkyl halides is 1. The first-order valence-electron chi connectivity index (χ1n) is 5.71. The van der Waals surface area contributed by atoms with Gasteiger partial charge in [0.05, 0.1) is 12.5 Å². The topological polar surface area (TPSA) is 39.9 Å². The third kappa shape index (κ3) is 2.58. The lowest BCUT2D eigenvalue weighted by molar-refractivity contribution is 0.139. The van der Waals surface area contributed by atoms with Gasteiger partial charge in [-0.05, 0) is 25.5 Å². The smallest absolute Gasteiger partial charge is 0.160 e. The average Bonchev–Trinajstić information content (AvgIpc) is 2.67. The molecule has 0 atom stereocenters. The van der Waals surface area contributed by atoms with Gasteiger partial charge in [0.25, 0.3) is 0 Å². The van der Waals surface area contributed by atoms with E-state index in [1.165, 1.54) is 0 Å². The summed E-state index contributed by atoms with van der Waals surface area (Å²) in [4.78, 5) is 8.90. The molecule has 0 amide bonds. The van der Waals surface area contributed by atoms with Gasteiger partial charge in [-0.2, -0.15) is 0 Å². The van der Waals surface area contributed by atoms with Gasteiger partial charge in [-0.15, -0.1) is 11.6 Å². The molecule has 5 heteroatoms. The third-order valence-corrected chi connectivity index (χ3v) is 2.82. The van der Waals surface area contributed by atoms with Gasteiger partial charge < -0.3 is 9.30 Å². The van der Waals surface area contributed by atoms with Crippen molar-refractivity contribution in [1.29, 1.82) is 0 Å². The summed E-state index contributed by atoms with van der Waals surface area (Å²) in [6.07, 6.45) is 1.85. The van der Waals surface area contributed by atoms with Gasteiger partial charge in [0.1, 0.15) is 11.3 Å². The molecular formula is C12H16ClN3O. The number of imidazole rings is 1. The summed E-state index contributed by atoms with van der Waals surface area (Å²) in [5, 5.41) is 0. The van der Waals surface area contributed by atoms with E-state index in [0.717, 1.165) is 35.7 Å². The van der Waals surface area contributed by atoms with E-state index in [0.29, 0.717) is 12.5 Å². The highest BCUT2D eigenvalue weighted by Gasteiger charge is 2.10. The summed E-state index contributed by atoms with van der Waals surface area (Å²) >= 11 is 5.90. The predicted molar refractivity (Wildman–Crippen MR) is 68.3 cm³/mol. The van der Waals surface area contributed by atoms with Crippen molar-refractivity contribution in [2.75, 3.05) is 13.2 Å². The van der Waals surface area contributed by atoms with E-state index < -0.39 is 0 Å². The lowest BCUT2D eigenvalue weighted by Gasteiger charge is -2.06. The Labute approximate surface area is 106 Å². The van der Waals surface area contributed by atoms with Gasteiger partial charge in [-0.3, -0.25) is 0 Å². The molecule has 4 nitrogen and oxygen atoms in total. The zero-order valence-corrected chi connectivity index (χ0v) is 10.9. The number of hydrogen-bond acceptors (Lipinski definition) is 3. The zero-order valence-electron chi connectivity index (χ0n) is 10.1. The second kappa shape index (κ2) is 5.47. The first-order chi connectivity index (χ1) is 8.26. The largest absolute Gasteiger partial charge is 0.380 e. The van der Waals surface area contributed by atoms with Gasteiger partial charge in [0.15, 0.2) is 5.65 Å². The average molecular weight is 254 g/mol. The first kappa shape index (κ1) is 12.3. The van der Waals surface area contributed by atoms with Crippen LogP contribution in [0.5, 0.6) is 0 Å². The number of pyridine rings is 1. The lowest BCUT2D eigenvalue weighted by Crippen LogP contribution is -2.09. The van der Waals surface area contributed by atoms with Crippen LogP contribution in [0, 0.1) is 6.92 Å². The van der Waals surface area contributed by atoms with Crippen molar-refractivity contribution in [2.45, 2.75) is 26.3 Å². The monoisotopic (exact) mass is 253 g/mol. The number of halogens is 1. The van der Waals surface area contributed by atoms with E-state index in [4.69, 9.17) is 16.3 Å². The molecule has 2 aromatic heterocycles. The molecule has 0 aromatic carbocycles. The number of fused-ring (bicyclic) bond motifs is 1. The van der Waals surface area contributed by atoms with Gasteiger partial charge >= 0.3 is 0 Å². The van der Waals surface area contributed by atoms with Crippen molar-refractivity contribution in [3.63, 3.8) is 0 Å². The molecule has 0 saturated carbocycles. The van der Waals surface area contributed by atoms with Crippen molar-refractivity contribution in [3.8, 4) is 0 Å². The van der Waals surface area contributed by atoms with Gasteiger partial charge in [-0.25, -0.2) is 9.97 Å². The van der Waals surface area contributed by atoms with Crippen molar-refractivity contribution in [1.82, 2.24) is 14.5 Å². The molecule has 0 radical (unpaired) electrons. The van der Waals surface area contributed by atoms with Crippen LogP contribution in [0.2, 0.25) is 0 Å². The van der Waals surface area contributed by atoms with Crippen LogP contribution in [-0.4, -0.2) is 27.7 Å². The number of ether oxygens (including phenoxy) is 1. The molecule has 0 bridgehead atoms. The predicted octanol–water partition coefficient (Wildman–Crippen LogP) is 2.52. The molecule has 0 saturated heterocycles. The van der Waals surface area contributed by atoms with E-state index in [9.17, 15) is 0 Å². The molecule has 0 unspecified atom stereocenters. The van der Waals surface area contributed by atoms with Crippen LogP contribution in [0.1, 0.15) is 18.3 Å². The summed E-state index contributed by atoms with van der Waals surface area (Å²) in [6.45, 7) is 6.10. The molecule has 0 aliphatic heterocycles. The van der Waals surface area contributed by atoms with Crippen molar-refractivity contribution < 1.29 is 4.74 Å². The Kier molecular flexibility index (Phi) is 3.97. The van der Waals surface area contributed by atoms with Crippen LogP contribution >= 0.6 is 11.6 Å². The standard InChI is InChI=1S/C12H16ClN3O/c1-3-17-5-4-16-11(7-13)15-10-6-9(2)8-14-12(10)16/h6,8H,3-5,7H2,1-2H3. The number of aryl methyl sites for hydroxylation is 1. The number of aromatic nitrogens is 3. The minimum atomic E-state index is 0.390. The second-order valence-corrected chi connectivity index (χ2v) is 4.13. The van der Waals surface area contributed by atoms with Gasteiger partial charge in [0, 0.05) is 19.3 Å². The molecule has 92 valence electrons. The minimum absolute atomic E-state index is 0.390. The summed E-state index contributed by atoms with van der Waals surface area (Å²) < 4.78 is 7.38. The summed E-state index contributed by atoms with van der Waals surface area (Å²) in [5.41, 5.74) is 2.89. The Bertz CT molecular complexity index is 510. The molecule has 17 heavy (non-hydrogen) atoms. The van der Waals surface area contributed by atoms with Crippen molar-refractivity contribution in [3.05, 3.63) is 23.7 Å². The lowest BCUT2D eigenvalue weighted by atomic mass is 10.3. The Hall–Kier alpha value is -1.13. The quantitative estimate of drug-likeness (QED) is 0.607. The van der Waals surface area contributed by atoms with Crippen LogP contribution in [0.3, 0.4) is 0 Å². The molecule has 0 N–H and O–H groups in total. The highest BCUT2D eigenvalue weighted by molar-refractivity contribution is 6.16. The highest BCUT2D eigenvalue weighted by Crippen LogP contribution is 2.16. The zero-order chi connectivity index (χ0) is 12.3. The van der Waals surface area contributed by atoms with Gasteiger partial charge in [-0.1, -0.05) is 0 Å². The second-order valence-electron chi connectivity index (χ2n) is 3.87. The maximum Gasteiger partial charge on any atom is 0.160 e. The molecule has 2 heterocycles. The molecule has 0 fully saturated rings. The molecular weight excluding hydrogens is 238 g/mol. The first-order valence-corrected chi connectivity index (χ1v) is 6.25. The molecule has 0 aliphatic rings. The highest BCUT2D eigenvalue weighted by atomic mass is 35.5. The van der Waals surface area contributed by atoms with E-state index in [1.54, 1.807) is 0 Å². The Morgan fingerprint density at radius 2 is 2.29 bits per heavy atom. The number of hydrogen-bond donors (Lipinski definition) is 0. The fourth-order valence-electron chi connectivity index (χ4n) is 1.80. The molecule has 2 aromatic rings. The number of nitrogens with zero attached hydrogens (tertiary/aromatic N) is 3. The summed E-state index contributed by atoms with van der Waals surface area (Å²) in [7, 11) is 0. The minimum Gasteiger partial charge on any atom is -0.380 e. The Morgan fingerprint density at radius 1 is 1.47 bits per heavy atom. The fraction of sp³-hybridized carbons (Fsp3) is 0.500. The Morgan fingerprint density at radius 3 is 3.00 bits per heavy atom. The summed E-state index contributed by atoms with van der Waals surface area (Å²) in [5.74, 6) is 1.24. The summed E-state index contributed by atoms with van der Waals surface area (Å²) in [6, 6.07) is 2.02. The maximum atomic E-state index is 5.90. The van der Waals surface area contributed by atoms with Crippen molar-refractivity contribution >= 4 is 22.8 Å². The number of rotatable bonds is 5. The van der Waals surface area contributed by atoms with Crippen LogP contribution in [0.15, 0.2) is 12.3 Å². The van der Waals surface area contributed by atoms with Gasteiger partial charge in [0.2, 0.25) is 0 Å². The molecule has 2 rings (SSSR count).